The Morgan fingerprint density at radius 3 is 1.63 bits per heavy atom. The Bertz CT molecular complexity index is 1050. The Hall–Kier alpha value is -2.78. The standard InChI is InChI=1S/C27H32N2O6/c1-16-6-3-8-18-22(16)24(34-26(18)32)20(30)14-28-10-5-11-29(13-12-28)15-21(31)25-23-17(2)7-4-9-19(23)27(33)35-25/h3-4,6-9,20-21,24-25,30-31H,5,10-15H2,1-2H3. The van der Waals surface area contributed by atoms with Crippen molar-refractivity contribution in [2.24, 2.45) is 0 Å². The van der Waals surface area contributed by atoms with E-state index in [1.165, 1.54) is 0 Å². The second kappa shape index (κ2) is 9.70. The molecule has 3 aliphatic rings. The zero-order valence-electron chi connectivity index (χ0n) is 20.1. The molecule has 3 aliphatic heterocycles. The van der Waals surface area contributed by atoms with Gasteiger partial charge in [0.05, 0.1) is 11.1 Å². The van der Waals surface area contributed by atoms with Gasteiger partial charge >= 0.3 is 11.9 Å². The van der Waals surface area contributed by atoms with Crippen LogP contribution < -0.4 is 0 Å². The van der Waals surface area contributed by atoms with E-state index in [2.05, 4.69) is 9.80 Å². The van der Waals surface area contributed by atoms with Gasteiger partial charge in [0.15, 0.2) is 12.2 Å². The van der Waals surface area contributed by atoms with Gasteiger partial charge in [-0.25, -0.2) is 9.59 Å². The summed E-state index contributed by atoms with van der Waals surface area (Å²) in [5, 5.41) is 21.9. The molecule has 1 saturated heterocycles. The van der Waals surface area contributed by atoms with Crippen LogP contribution in [0, 0.1) is 13.8 Å². The van der Waals surface area contributed by atoms with Crippen molar-refractivity contribution < 1.29 is 29.3 Å². The molecule has 0 saturated carbocycles. The zero-order valence-corrected chi connectivity index (χ0v) is 20.1. The number of ether oxygens (including phenoxy) is 2. The average Bonchev–Trinajstić information content (AvgIpc) is 3.27. The molecular weight excluding hydrogens is 448 g/mol. The number of aliphatic hydroxyl groups excluding tert-OH is 2. The van der Waals surface area contributed by atoms with Crippen molar-refractivity contribution in [1.29, 1.82) is 0 Å². The minimum Gasteiger partial charge on any atom is -0.451 e. The third kappa shape index (κ3) is 4.59. The zero-order chi connectivity index (χ0) is 24.7. The highest BCUT2D eigenvalue weighted by Crippen LogP contribution is 2.37. The van der Waals surface area contributed by atoms with Gasteiger partial charge in [-0.2, -0.15) is 0 Å². The van der Waals surface area contributed by atoms with E-state index in [4.69, 9.17) is 9.47 Å². The van der Waals surface area contributed by atoms with Gasteiger partial charge in [-0.1, -0.05) is 24.3 Å². The third-order valence-electron chi connectivity index (χ3n) is 7.40. The van der Waals surface area contributed by atoms with E-state index in [0.29, 0.717) is 37.3 Å². The topological polar surface area (TPSA) is 99.5 Å². The van der Waals surface area contributed by atoms with Crippen molar-refractivity contribution in [3.05, 3.63) is 69.8 Å². The quantitative estimate of drug-likeness (QED) is 0.607. The maximum Gasteiger partial charge on any atom is 0.339 e. The largest absolute Gasteiger partial charge is 0.451 e. The van der Waals surface area contributed by atoms with E-state index >= 15 is 0 Å². The predicted octanol–water partition coefficient (Wildman–Crippen LogP) is 2.16. The highest BCUT2D eigenvalue weighted by atomic mass is 16.6. The number of aryl methyl sites for hydroxylation is 2. The Labute approximate surface area is 205 Å². The van der Waals surface area contributed by atoms with Gasteiger partial charge in [-0.15, -0.1) is 0 Å². The van der Waals surface area contributed by atoms with Crippen LogP contribution in [0.2, 0.25) is 0 Å². The van der Waals surface area contributed by atoms with Crippen LogP contribution in [0.5, 0.6) is 0 Å². The van der Waals surface area contributed by atoms with Gasteiger partial charge < -0.3 is 19.7 Å². The Kier molecular flexibility index (Phi) is 6.63. The lowest BCUT2D eigenvalue weighted by molar-refractivity contribution is -0.0244. The van der Waals surface area contributed by atoms with Crippen molar-refractivity contribution >= 4 is 11.9 Å². The number of rotatable bonds is 6. The Balaban J connectivity index is 1.18. The number of fused-ring (bicyclic) bond motifs is 2. The molecule has 1 fully saturated rings. The summed E-state index contributed by atoms with van der Waals surface area (Å²) in [4.78, 5) is 28.8. The van der Waals surface area contributed by atoms with E-state index in [9.17, 15) is 19.8 Å². The van der Waals surface area contributed by atoms with Gasteiger partial charge in [0.25, 0.3) is 0 Å². The number of nitrogens with zero attached hydrogens (tertiary/aromatic N) is 2. The number of benzene rings is 2. The molecule has 4 atom stereocenters. The molecule has 186 valence electrons. The number of cyclic esters (lactones) is 2. The lowest BCUT2D eigenvalue weighted by Crippen LogP contribution is -2.40. The minimum atomic E-state index is -0.823. The normalized spacial score (nSPS) is 24.3. The lowest BCUT2D eigenvalue weighted by atomic mass is 9.96. The first kappa shape index (κ1) is 23.9. The van der Waals surface area contributed by atoms with E-state index in [1.54, 1.807) is 12.1 Å². The van der Waals surface area contributed by atoms with Gasteiger partial charge in [0.1, 0.15) is 12.2 Å². The minimum absolute atomic E-state index is 0.381. The van der Waals surface area contributed by atoms with Crippen LogP contribution in [0.1, 0.15) is 61.6 Å². The van der Waals surface area contributed by atoms with Crippen molar-refractivity contribution in [2.45, 2.75) is 44.7 Å². The third-order valence-corrected chi connectivity index (χ3v) is 7.40. The van der Waals surface area contributed by atoms with Crippen molar-refractivity contribution in [1.82, 2.24) is 9.80 Å². The Morgan fingerprint density at radius 2 is 1.20 bits per heavy atom. The number of hydrogen-bond acceptors (Lipinski definition) is 8. The molecule has 2 aromatic rings. The second-order valence-electron chi connectivity index (χ2n) is 9.81. The number of hydrogen-bond donors (Lipinski definition) is 2. The molecule has 0 radical (unpaired) electrons. The first-order valence-electron chi connectivity index (χ1n) is 12.3. The SMILES string of the molecule is Cc1cccc2c1C(C(O)CN1CCCN(CC(O)C3OC(=O)c4cccc(C)c43)CC1)OC2=O. The van der Waals surface area contributed by atoms with E-state index in [0.717, 1.165) is 41.8 Å². The number of aliphatic hydroxyl groups is 2. The van der Waals surface area contributed by atoms with Gasteiger partial charge in [0.2, 0.25) is 0 Å². The molecular formula is C27H32N2O6. The van der Waals surface area contributed by atoms with Crippen molar-refractivity contribution in [2.75, 3.05) is 39.3 Å². The molecule has 0 aliphatic carbocycles. The molecule has 4 unspecified atom stereocenters. The number of esters is 2. The molecule has 2 N–H and O–H groups in total. The van der Waals surface area contributed by atoms with Crippen molar-refractivity contribution in [3.63, 3.8) is 0 Å². The monoisotopic (exact) mass is 480 g/mol. The van der Waals surface area contributed by atoms with E-state index < -0.39 is 24.4 Å². The van der Waals surface area contributed by atoms with Crippen LogP contribution in [0.4, 0.5) is 0 Å². The first-order valence-corrected chi connectivity index (χ1v) is 12.3. The fraction of sp³-hybridized carbons (Fsp3) is 0.481. The molecule has 35 heavy (non-hydrogen) atoms. The number of carbonyl (C=O) groups is 2. The van der Waals surface area contributed by atoms with Gasteiger partial charge in [0, 0.05) is 37.3 Å². The summed E-state index contributed by atoms with van der Waals surface area (Å²) < 4.78 is 11.0. The van der Waals surface area contributed by atoms with E-state index in [1.807, 2.05) is 38.1 Å². The maximum absolute atomic E-state index is 12.2. The lowest BCUT2D eigenvalue weighted by Gasteiger charge is -2.28. The summed E-state index contributed by atoms with van der Waals surface area (Å²) in [7, 11) is 0. The van der Waals surface area contributed by atoms with Crippen LogP contribution >= 0.6 is 0 Å². The van der Waals surface area contributed by atoms with Gasteiger partial charge in [-0.3, -0.25) is 9.80 Å². The molecule has 0 aromatic heterocycles. The summed E-state index contributed by atoms with van der Waals surface area (Å²) in [6, 6.07) is 11.0. The van der Waals surface area contributed by atoms with Crippen LogP contribution in [0.15, 0.2) is 36.4 Å². The second-order valence-corrected chi connectivity index (χ2v) is 9.81. The van der Waals surface area contributed by atoms with Gasteiger partial charge in [-0.05, 0) is 56.6 Å². The summed E-state index contributed by atoms with van der Waals surface area (Å²) in [5.41, 5.74) is 4.53. The van der Waals surface area contributed by atoms with Crippen molar-refractivity contribution in [3.8, 4) is 0 Å². The summed E-state index contributed by atoms with van der Waals surface area (Å²) >= 11 is 0. The van der Waals surface area contributed by atoms with Crippen LogP contribution in [-0.4, -0.2) is 83.4 Å². The fourth-order valence-electron chi connectivity index (χ4n) is 5.60. The summed E-state index contributed by atoms with van der Waals surface area (Å²) in [6.45, 7) is 7.67. The molecule has 0 bridgehead atoms. The molecule has 5 rings (SSSR count). The Morgan fingerprint density at radius 1 is 0.771 bits per heavy atom. The first-order chi connectivity index (χ1) is 16.8. The molecule has 8 heteroatoms. The smallest absolute Gasteiger partial charge is 0.339 e. The summed E-state index contributed by atoms with van der Waals surface area (Å²) in [6.07, 6.45) is -2.08. The molecule has 2 aromatic carbocycles. The highest BCUT2D eigenvalue weighted by Gasteiger charge is 2.39. The van der Waals surface area contributed by atoms with Crippen LogP contribution in [0.3, 0.4) is 0 Å². The molecule has 0 spiro atoms. The predicted molar refractivity (Wildman–Crippen MR) is 128 cm³/mol. The molecule has 8 nitrogen and oxygen atoms in total. The highest BCUT2D eigenvalue weighted by molar-refractivity contribution is 5.95. The number of carbonyl (C=O) groups excluding carboxylic acids is 2. The summed E-state index contributed by atoms with van der Waals surface area (Å²) in [5.74, 6) is -0.763. The average molecular weight is 481 g/mol. The van der Waals surface area contributed by atoms with Crippen LogP contribution in [0.25, 0.3) is 0 Å². The molecule has 3 heterocycles. The van der Waals surface area contributed by atoms with E-state index in [-0.39, 0.29) is 11.9 Å². The maximum atomic E-state index is 12.2. The number of β-amino-alcohol motifs (C(OH)–C–C–N with tert-alkyl or cyclic N) is 2. The molecule has 0 amide bonds. The van der Waals surface area contributed by atoms with Crippen LogP contribution in [-0.2, 0) is 9.47 Å². The fourth-order valence-corrected chi connectivity index (χ4v) is 5.60.